The van der Waals surface area contributed by atoms with Gasteiger partial charge in [0.15, 0.2) is 5.60 Å². The number of nitrogens with zero attached hydrogens (tertiary/aromatic N) is 1. The van der Waals surface area contributed by atoms with Gasteiger partial charge in [0, 0.05) is 26.2 Å². The third kappa shape index (κ3) is 4.45. The molecule has 1 unspecified atom stereocenters. The molecule has 2 N–H and O–H groups in total. The fraction of sp³-hybridized carbons (Fsp3) is 0.350. The van der Waals surface area contributed by atoms with Gasteiger partial charge in [0.2, 0.25) is 0 Å². The van der Waals surface area contributed by atoms with Crippen molar-refractivity contribution in [3.05, 3.63) is 71.3 Å². The van der Waals surface area contributed by atoms with E-state index in [1.54, 1.807) is 29.2 Å². The molecule has 1 atom stereocenters. The summed E-state index contributed by atoms with van der Waals surface area (Å²) in [7, 11) is 0. The Morgan fingerprint density at radius 1 is 1.00 bits per heavy atom. The van der Waals surface area contributed by atoms with Gasteiger partial charge in [0.05, 0.1) is 0 Å². The smallest absolute Gasteiger partial charge is 0.256 e. The maximum atomic E-state index is 13.0. The lowest BCUT2D eigenvalue weighted by Gasteiger charge is -2.38. The molecule has 1 aliphatic rings. The number of hydrogen-bond acceptors (Lipinski definition) is 3. The topological polar surface area (TPSA) is 52.6 Å². The Kier molecular flexibility index (Phi) is 5.64. The second-order valence-electron chi connectivity index (χ2n) is 6.72. The predicted molar refractivity (Wildman–Crippen MR) is 94.1 cm³/mol. The third-order valence-electron chi connectivity index (χ3n) is 4.65. The van der Waals surface area contributed by atoms with Crippen LogP contribution in [0.5, 0.6) is 0 Å². The van der Waals surface area contributed by atoms with Crippen molar-refractivity contribution < 1.29 is 18.7 Å². The molecule has 0 radical (unpaired) electrons. The number of piperidine rings is 1. The van der Waals surface area contributed by atoms with Crippen LogP contribution in [0.3, 0.4) is 0 Å². The van der Waals surface area contributed by atoms with Gasteiger partial charge in [0.1, 0.15) is 11.6 Å². The monoisotopic (exact) mass is 360 g/mol. The second kappa shape index (κ2) is 7.93. The van der Waals surface area contributed by atoms with Crippen LogP contribution in [-0.2, 0) is 17.9 Å². The van der Waals surface area contributed by atoms with Crippen LogP contribution in [0, 0.1) is 11.6 Å². The first-order valence-corrected chi connectivity index (χ1v) is 8.68. The fourth-order valence-electron chi connectivity index (χ4n) is 3.21. The molecule has 4 nitrogen and oxygen atoms in total. The Balaban J connectivity index is 1.58. The van der Waals surface area contributed by atoms with Crippen molar-refractivity contribution in [3.8, 4) is 0 Å². The number of likely N-dealkylation sites (tertiary alicyclic amines) is 1. The summed E-state index contributed by atoms with van der Waals surface area (Å²) in [6.07, 6.45) is 1.09. The van der Waals surface area contributed by atoms with Crippen molar-refractivity contribution in [2.75, 3.05) is 13.1 Å². The summed E-state index contributed by atoms with van der Waals surface area (Å²) in [6, 6.07) is 12.1. The number of hydrogen-bond donors (Lipinski definition) is 2. The molecule has 0 aromatic heterocycles. The van der Waals surface area contributed by atoms with Crippen molar-refractivity contribution in [1.82, 2.24) is 10.2 Å². The average molecular weight is 360 g/mol. The quantitative estimate of drug-likeness (QED) is 0.833. The number of carbonyl (C=O) groups is 1. The lowest BCUT2D eigenvalue weighted by Crippen LogP contribution is -2.57. The molecule has 26 heavy (non-hydrogen) atoms. The maximum absolute atomic E-state index is 13.0. The molecule has 0 spiro atoms. The van der Waals surface area contributed by atoms with Crippen LogP contribution >= 0.6 is 0 Å². The number of nitrogens with one attached hydrogen (secondary N) is 1. The Morgan fingerprint density at radius 2 is 1.58 bits per heavy atom. The van der Waals surface area contributed by atoms with E-state index in [9.17, 15) is 18.7 Å². The average Bonchev–Trinajstić information content (AvgIpc) is 2.63. The highest BCUT2D eigenvalue weighted by molar-refractivity contribution is 5.86. The van der Waals surface area contributed by atoms with Crippen molar-refractivity contribution in [1.29, 1.82) is 0 Å². The van der Waals surface area contributed by atoms with Crippen molar-refractivity contribution in [2.45, 2.75) is 31.5 Å². The Morgan fingerprint density at radius 3 is 2.19 bits per heavy atom. The van der Waals surface area contributed by atoms with E-state index in [-0.39, 0.29) is 24.1 Å². The summed E-state index contributed by atoms with van der Waals surface area (Å²) in [5.74, 6) is -0.939. The van der Waals surface area contributed by atoms with Crippen LogP contribution in [0.1, 0.15) is 24.0 Å². The molecule has 1 amide bonds. The zero-order chi connectivity index (χ0) is 18.6. The lowest BCUT2D eigenvalue weighted by atomic mass is 9.91. The summed E-state index contributed by atoms with van der Waals surface area (Å²) in [4.78, 5) is 14.3. The van der Waals surface area contributed by atoms with Gasteiger partial charge in [-0.3, -0.25) is 4.79 Å². The standard InChI is InChI=1S/C20H22F2N2O2/c21-17-6-2-15(3-7-17)12-23-14-20(26)10-1-11-24(19(20)25)13-16-4-8-18(22)9-5-16/h2-9,23,26H,1,10-14H2. The molecule has 1 heterocycles. The van der Waals surface area contributed by atoms with Gasteiger partial charge in [-0.1, -0.05) is 24.3 Å². The number of amides is 1. The fourth-order valence-corrected chi connectivity index (χ4v) is 3.21. The summed E-state index contributed by atoms with van der Waals surface area (Å²) < 4.78 is 25.9. The van der Waals surface area contributed by atoms with Gasteiger partial charge in [-0.15, -0.1) is 0 Å². The van der Waals surface area contributed by atoms with Gasteiger partial charge in [-0.25, -0.2) is 8.78 Å². The largest absolute Gasteiger partial charge is 0.379 e. The van der Waals surface area contributed by atoms with Crippen molar-refractivity contribution in [2.24, 2.45) is 0 Å². The van der Waals surface area contributed by atoms with Crippen LogP contribution in [-0.4, -0.2) is 34.6 Å². The number of rotatable bonds is 6. The van der Waals surface area contributed by atoms with Gasteiger partial charge >= 0.3 is 0 Å². The molecular formula is C20H22F2N2O2. The zero-order valence-electron chi connectivity index (χ0n) is 14.4. The maximum Gasteiger partial charge on any atom is 0.256 e. The second-order valence-corrected chi connectivity index (χ2v) is 6.72. The Hall–Kier alpha value is -2.31. The van der Waals surface area contributed by atoms with E-state index in [2.05, 4.69) is 5.32 Å². The molecular weight excluding hydrogens is 338 g/mol. The Bertz CT molecular complexity index is 749. The summed E-state index contributed by atoms with van der Waals surface area (Å²) in [5.41, 5.74) is 0.239. The molecule has 0 bridgehead atoms. The molecule has 2 aromatic rings. The van der Waals surface area contributed by atoms with Crippen LogP contribution in [0.25, 0.3) is 0 Å². The van der Waals surface area contributed by atoms with Crippen molar-refractivity contribution in [3.63, 3.8) is 0 Å². The molecule has 2 aromatic carbocycles. The van der Waals surface area contributed by atoms with E-state index in [4.69, 9.17) is 0 Å². The normalized spacial score (nSPS) is 20.4. The van der Waals surface area contributed by atoms with Crippen LogP contribution in [0.15, 0.2) is 48.5 Å². The highest BCUT2D eigenvalue weighted by atomic mass is 19.1. The van der Waals surface area contributed by atoms with E-state index in [1.807, 2.05) is 0 Å². The first kappa shape index (κ1) is 18.5. The van der Waals surface area contributed by atoms with Crippen molar-refractivity contribution >= 4 is 5.91 Å². The van der Waals surface area contributed by atoms with E-state index >= 15 is 0 Å². The molecule has 0 aliphatic carbocycles. The molecule has 1 fully saturated rings. The van der Waals surface area contributed by atoms with Crippen LogP contribution in [0.4, 0.5) is 8.78 Å². The van der Waals surface area contributed by atoms with Crippen LogP contribution < -0.4 is 5.32 Å². The molecule has 3 rings (SSSR count). The minimum absolute atomic E-state index is 0.128. The van der Waals surface area contributed by atoms with E-state index < -0.39 is 5.60 Å². The van der Waals surface area contributed by atoms with Gasteiger partial charge in [-0.05, 0) is 48.2 Å². The van der Waals surface area contributed by atoms with E-state index in [0.29, 0.717) is 32.5 Å². The first-order chi connectivity index (χ1) is 12.5. The van der Waals surface area contributed by atoms with Gasteiger partial charge in [-0.2, -0.15) is 0 Å². The summed E-state index contributed by atoms with van der Waals surface area (Å²) >= 11 is 0. The highest BCUT2D eigenvalue weighted by Crippen LogP contribution is 2.24. The third-order valence-corrected chi connectivity index (χ3v) is 4.65. The number of carbonyl (C=O) groups excluding carboxylic acids is 1. The van der Waals surface area contributed by atoms with E-state index in [0.717, 1.165) is 11.1 Å². The summed E-state index contributed by atoms with van der Waals surface area (Å²) in [5, 5.41) is 13.9. The first-order valence-electron chi connectivity index (χ1n) is 8.68. The molecule has 6 heteroatoms. The lowest BCUT2D eigenvalue weighted by molar-refractivity contribution is -0.157. The van der Waals surface area contributed by atoms with Crippen LogP contribution in [0.2, 0.25) is 0 Å². The Labute approximate surface area is 151 Å². The number of aliphatic hydroxyl groups is 1. The minimum atomic E-state index is -1.46. The highest BCUT2D eigenvalue weighted by Gasteiger charge is 2.41. The SMILES string of the molecule is O=C1N(Cc2ccc(F)cc2)CCCC1(O)CNCc1ccc(F)cc1. The predicted octanol–water partition coefficient (Wildman–Crippen LogP) is 2.61. The minimum Gasteiger partial charge on any atom is -0.379 e. The van der Waals surface area contributed by atoms with Gasteiger partial charge in [0.25, 0.3) is 5.91 Å². The van der Waals surface area contributed by atoms with E-state index in [1.165, 1.54) is 24.3 Å². The zero-order valence-corrected chi connectivity index (χ0v) is 14.4. The molecule has 1 aliphatic heterocycles. The molecule has 1 saturated heterocycles. The number of halogens is 2. The molecule has 0 saturated carbocycles. The summed E-state index contributed by atoms with van der Waals surface area (Å²) in [6.45, 7) is 1.48. The number of benzene rings is 2. The molecule has 138 valence electrons. The van der Waals surface area contributed by atoms with Gasteiger partial charge < -0.3 is 15.3 Å².